The molecule has 20 heavy (non-hydrogen) atoms. The lowest BCUT2D eigenvalue weighted by molar-refractivity contribution is 0.867. The second-order valence-electron chi connectivity index (χ2n) is 3.95. The molecule has 0 bridgehead atoms. The molecule has 0 radical (unpaired) electrons. The van der Waals surface area contributed by atoms with Crippen molar-refractivity contribution in [2.75, 3.05) is 0 Å². The van der Waals surface area contributed by atoms with Gasteiger partial charge >= 0.3 is 0 Å². The van der Waals surface area contributed by atoms with Crippen molar-refractivity contribution in [1.82, 2.24) is 15.0 Å². The Kier molecular flexibility index (Phi) is 4.86. The maximum absolute atomic E-state index is 5.82. The summed E-state index contributed by atoms with van der Waals surface area (Å²) in [5.41, 5.74) is 0.961. The molecule has 2 aromatic rings. The number of hydrogen-bond donors (Lipinski definition) is 0. The molecular weight excluding hydrogens is 340 g/mol. The predicted molar refractivity (Wildman–Crippen MR) is 84.2 cm³/mol. The van der Waals surface area contributed by atoms with E-state index in [1.807, 2.05) is 18.2 Å². The van der Waals surface area contributed by atoms with Crippen LogP contribution in [0.5, 0.6) is 0 Å². The van der Waals surface area contributed by atoms with E-state index < -0.39 is 3.79 Å². The van der Waals surface area contributed by atoms with E-state index in [1.165, 1.54) is 0 Å². The lowest BCUT2D eigenvalue weighted by Gasteiger charge is -2.09. The fraction of sp³-hybridized carbons (Fsp3) is 0.154. The van der Waals surface area contributed by atoms with Gasteiger partial charge < -0.3 is 0 Å². The highest BCUT2D eigenvalue weighted by Crippen LogP contribution is 2.35. The SMILES string of the molecule is Cc1nc(/C=C/c2ccc(Cl)cc2)nc(C(Cl)(Cl)Cl)n1. The number of nitrogens with zero attached hydrogens (tertiary/aromatic N) is 3. The van der Waals surface area contributed by atoms with Gasteiger partial charge in [-0.15, -0.1) is 0 Å². The van der Waals surface area contributed by atoms with Gasteiger partial charge in [-0.25, -0.2) is 15.0 Å². The summed E-state index contributed by atoms with van der Waals surface area (Å²) in [4.78, 5) is 12.3. The monoisotopic (exact) mass is 347 g/mol. The third kappa shape index (κ3) is 4.32. The molecule has 0 aliphatic rings. The van der Waals surface area contributed by atoms with Crippen molar-refractivity contribution in [3.05, 3.63) is 52.3 Å². The Bertz CT molecular complexity index is 633. The minimum absolute atomic E-state index is 0.103. The van der Waals surface area contributed by atoms with E-state index in [1.54, 1.807) is 25.1 Å². The molecule has 0 atom stereocenters. The van der Waals surface area contributed by atoms with Crippen molar-refractivity contribution in [2.45, 2.75) is 10.7 Å². The summed E-state index contributed by atoms with van der Waals surface area (Å²) in [6.45, 7) is 1.71. The first-order valence-electron chi connectivity index (χ1n) is 5.58. The van der Waals surface area contributed by atoms with Crippen molar-refractivity contribution in [2.24, 2.45) is 0 Å². The number of hydrogen-bond acceptors (Lipinski definition) is 3. The molecule has 104 valence electrons. The van der Waals surface area contributed by atoms with Crippen LogP contribution in [0.1, 0.15) is 23.0 Å². The molecule has 0 N–H and O–H groups in total. The highest BCUT2D eigenvalue weighted by Gasteiger charge is 2.27. The zero-order valence-corrected chi connectivity index (χ0v) is 13.3. The van der Waals surface area contributed by atoms with Gasteiger partial charge in [-0.2, -0.15) is 0 Å². The number of rotatable bonds is 2. The van der Waals surface area contributed by atoms with Gasteiger partial charge in [0, 0.05) is 5.02 Å². The number of aryl methyl sites for hydroxylation is 1. The molecule has 0 saturated heterocycles. The van der Waals surface area contributed by atoms with Gasteiger partial charge in [0.05, 0.1) is 0 Å². The maximum atomic E-state index is 5.82. The van der Waals surface area contributed by atoms with E-state index in [4.69, 9.17) is 46.4 Å². The average Bonchev–Trinajstić information content (AvgIpc) is 2.36. The van der Waals surface area contributed by atoms with Crippen LogP contribution in [0.25, 0.3) is 12.2 Å². The Morgan fingerprint density at radius 1 is 0.950 bits per heavy atom. The molecule has 0 fully saturated rings. The Hall–Kier alpha value is -0.870. The van der Waals surface area contributed by atoms with Crippen LogP contribution in [-0.2, 0) is 3.79 Å². The van der Waals surface area contributed by atoms with Crippen LogP contribution in [0.3, 0.4) is 0 Å². The maximum Gasteiger partial charge on any atom is 0.250 e. The normalized spacial score (nSPS) is 12.1. The van der Waals surface area contributed by atoms with Crippen LogP contribution in [0.2, 0.25) is 5.02 Å². The van der Waals surface area contributed by atoms with Gasteiger partial charge in [0.1, 0.15) is 5.82 Å². The molecule has 1 heterocycles. The first-order valence-corrected chi connectivity index (χ1v) is 7.09. The van der Waals surface area contributed by atoms with Crippen LogP contribution >= 0.6 is 46.4 Å². The third-order valence-electron chi connectivity index (χ3n) is 2.31. The molecule has 0 saturated carbocycles. The summed E-state index contributed by atoms with van der Waals surface area (Å²) in [6.07, 6.45) is 3.56. The van der Waals surface area contributed by atoms with E-state index >= 15 is 0 Å². The minimum atomic E-state index is -1.67. The van der Waals surface area contributed by atoms with Crippen molar-refractivity contribution in [1.29, 1.82) is 0 Å². The first-order chi connectivity index (χ1) is 9.34. The van der Waals surface area contributed by atoms with Crippen molar-refractivity contribution in [3.8, 4) is 0 Å². The van der Waals surface area contributed by atoms with Crippen LogP contribution in [0.15, 0.2) is 24.3 Å². The van der Waals surface area contributed by atoms with E-state index in [9.17, 15) is 0 Å². The highest BCUT2D eigenvalue weighted by molar-refractivity contribution is 6.66. The molecule has 7 heteroatoms. The summed E-state index contributed by atoms with van der Waals surface area (Å²) in [7, 11) is 0. The van der Waals surface area contributed by atoms with Crippen LogP contribution in [0.4, 0.5) is 0 Å². The highest BCUT2D eigenvalue weighted by atomic mass is 35.6. The topological polar surface area (TPSA) is 38.7 Å². The molecule has 0 aliphatic carbocycles. The van der Waals surface area contributed by atoms with E-state index in [0.29, 0.717) is 16.7 Å². The summed E-state index contributed by atoms with van der Waals surface area (Å²) in [5.74, 6) is 1.01. The number of alkyl halides is 3. The van der Waals surface area contributed by atoms with Crippen molar-refractivity contribution >= 4 is 58.6 Å². The van der Waals surface area contributed by atoms with Gasteiger partial charge in [-0.1, -0.05) is 64.6 Å². The minimum Gasteiger partial charge on any atom is -0.214 e. The summed E-state index contributed by atoms with van der Waals surface area (Å²) in [6, 6.07) is 7.35. The van der Waals surface area contributed by atoms with Crippen molar-refractivity contribution < 1.29 is 0 Å². The van der Waals surface area contributed by atoms with E-state index in [2.05, 4.69) is 15.0 Å². The fourth-order valence-electron chi connectivity index (χ4n) is 1.45. The number of benzene rings is 1. The van der Waals surface area contributed by atoms with Crippen molar-refractivity contribution in [3.63, 3.8) is 0 Å². The Morgan fingerprint density at radius 2 is 1.60 bits per heavy atom. The van der Waals surface area contributed by atoms with Gasteiger partial charge in [0.25, 0.3) is 0 Å². The smallest absolute Gasteiger partial charge is 0.214 e. The van der Waals surface area contributed by atoms with Gasteiger partial charge in [-0.05, 0) is 30.7 Å². The van der Waals surface area contributed by atoms with Gasteiger partial charge in [0.15, 0.2) is 11.6 Å². The second kappa shape index (κ2) is 6.27. The van der Waals surface area contributed by atoms with Gasteiger partial charge in [-0.3, -0.25) is 0 Å². The molecular formula is C13H9Cl4N3. The largest absolute Gasteiger partial charge is 0.250 e. The van der Waals surface area contributed by atoms with Crippen LogP contribution in [0, 0.1) is 6.92 Å². The van der Waals surface area contributed by atoms with E-state index in [0.717, 1.165) is 5.56 Å². The zero-order valence-electron chi connectivity index (χ0n) is 10.3. The molecule has 0 spiro atoms. The Labute approximate surface area is 136 Å². The molecule has 3 nitrogen and oxygen atoms in total. The van der Waals surface area contributed by atoms with Gasteiger partial charge in [0.2, 0.25) is 3.79 Å². The number of halogens is 4. The summed E-state index contributed by atoms with van der Waals surface area (Å²) < 4.78 is -1.67. The average molecular weight is 349 g/mol. The lowest BCUT2D eigenvalue weighted by Crippen LogP contribution is -2.11. The molecule has 2 rings (SSSR count). The second-order valence-corrected chi connectivity index (χ2v) is 6.66. The van der Waals surface area contributed by atoms with E-state index in [-0.39, 0.29) is 5.82 Å². The Morgan fingerprint density at radius 3 is 2.20 bits per heavy atom. The standard InChI is InChI=1S/C13H9Cl4N3/c1-8-18-11(20-12(19-8)13(15,16)17)7-4-9-2-5-10(14)6-3-9/h2-7H,1H3/b7-4+. The molecule has 1 aromatic carbocycles. The summed E-state index contributed by atoms with van der Waals surface area (Å²) >= 11 is 23.1. The fourth-order valence-corrected chi connectivity index (χ4v) is 1.83. The Balaban J connectivity index is 2.29. The molecule has 1 aromatic heterocycles. The quantitative estimate of drug-likeness (QED) is 0.729. The van der Waals surface area contributed by atoms with Crippen LogP contribution < -0.4 is 0 Å². The molecule has 0 unspecified atom stereocenters. The zero-order chi connectivity index (χ0) is 14.8. The third-order valence-corrected chi connectivity index (χ3v) is 3.07. The lowest BCUT2D eigenvalue weighted by atomic mass is 10.2. The molecule has 0 amide bonds. The molecule has 0 aliphatic heterocycles. The number of aromatic nitrogens is 3. The first kappa shape index (κ1) is 15.5. The predicted octanol–water partition coefficient (Wildman–Crippen LogP) is 4.83. The van der Waals surface area contributed by atoms with Crippen LogP contribution in [-0.4, -0.2) is 15.0 Å². The summed E-state index contributed by atoms with van der Waals surface area (Å²) in [5, 5.41) is 0.677.